The van der Waals surface area contributed by atoms with Crippen LogP contribution in [0.4, 0.5) is 0 Å². The van der Waals surface area contributed by atoms with Crippen LogP contribution in [0.1, 0.15) is 44.9 Å². The number of carbonyl (C=O) groups excluding carboxylic acids is 2. The van der Waals surface area contributed by atoms with Crippen LogP contribution >= 0.6 is 11.6 Å². The van der Waals surface area contributed by atoms with Crippen molar-refractivity contribution < 1.29 is 14.3 Å². The van der Waals surface area contributed by atoms with Crippen LogP contribution in [0.15, 0.2) is 54.6 Å². The van der Waals surface area contributed by atoms with Crippen molar-refractivity contribution in [2.24, 2.45) is 5.41 Å². The molecule has 7 nitrogen and oxygen atoms in total. The summed E-state index contributed by atoms with van der Waals surface area (Å²) >= 11 is 6.50. The van der Waals surface area contributed by atoms with Gasteiger partial charge in [0.15, 0.2) is 0 Å². The van der Waals surface area contributed by atoms with Crippen molar-refractivity contribution in [2.75, 3.05) is 34.3 Å². The van der Waals surface area contributed by atoms with Crippen molar-refractivity contribution in [3.63, 3.8) is 0 Å². The van der Waals surface area contributed by atoms with Crippen molar-refractivity contribution in [1.29, 1.82) is 0 Å². The number of ether oxygens (including phenoxy) is 1. The Morgan fingerprint density at radius 2 is 1.76 bits per heavy atom. The molecule has 3 rings (SSSR count). The summed E-state index contributed by atoms with van der Waals surface area (Å²) in [5, 5.41) is 6.24. The fourth-order valence-electron chi connectivity index (χ4n) is 4.51. The largest absolute Gasteiger partial charge is 0.492 e. The van der Waals surface area contributed by atoms with Gasteiger partial charge in [0, 0.05) is 37.2 Å². The van der Waals surface area contributed by atoms with Gasteiger partial charge in [-0.3, -0.25) is 14.6 Å². The Kier molecular flexibility index (Phi) is 11.3. The van der Waals surface area contributed by atoms with Crippen LogP contribution in [0, 0.1) is 12.3 Å². The molecule has 1 aromatic heterocycles. The minimum absolute atomic E-state index is 0.0862. The number of nitrogens with one attached hydrogen (secondary N) is 2. The van der Waals surface area contributed by atoms with E-state index in [-0.39, 0.29) is 36.1 Å². The van der Waals surface area contributed by atoms with Gasteiger partial charge in [0.25, 0.3) is 0 Å². The Bertz CT molecular complexity index is 1350. The Hall–Kier alpha value is -3.42. The number of hydrogen-bond acceptors (Lipinski definition) is 5. The first-order valence-electron chi connectivity index (χ1n) is 14.0. The number of amides is 2. The van der Waals surface area contributed by atoms with Gasteiger partial charge in [-0.2, -0.15) is 0 Å². The summed E-state index contributed by atoms with van der Waals surface area (Å²) in [5.74, 6) is 0.304. The third kappa shape index (κ3) is 9.30. The summed E-state index contributed by atoms with van der Waals surface area (Å²) in [6.45, 7) is 9.56. The van der Waals surface area contributed by atoms with Crippen molar-refractivity contribution >= 4 is 23.4 Å². The van der Waals surface area contributed by atoms with E-state index in [1.54, 1.807) is 7.05 Å². The van der Waals surface area contributed by atoms with Gasteiger partial charge in [0.2, 0.25) is 11.8 Å². The molecule has 1 heterocycles. The number of aryl methyl sites for hydroxylation is 1. The van der Waals surface area contributed by atoms with Crippen molar-refractivity contribution in [2.45, 2.75) is 53.0 Å². The van der Waals surface area contributed by atoms with Gasteiger partial charge >= 0.3 is 0 Å². The summed E-state index contributed by atoms with van der Waals surface area (Å²) in [6, 6.07) is 17.4. The third-order valence-electron chi connectivity index (χ3n) is 6.99. The fraction of sp³-hybridized carbons (Fsp3) is 0.424. The van der Waals surface area contributed by atoms with Crippen LogP contribution in [0.2, 0.25) is 5.02 Å². The maximum atomic E-state index is 13.2. The van der Waals surface area contributed by atoms with Crippen molar-refractivity contribution in [3.8, 4) is 28.1 Å². The van der Waals surface area contributed by atoms with Crippen molar-refractivity contribution in [1.82, 2.24) is 20.5 Å². The van der Waals surface area contributed by atoms with Gasteiger partial charge in [0.1, 0.15) is 5.75 Å². The molecule has 0 aliphatic heterocycles. The number of halogens is 1. The second-order valence-corrected chi connectivity index (χ2v) is 12.1. The van der Waals surface area contributed by atoms with E-state index in [1.165, 1.54) is 0 Å². The zero-order valence-corrected chi connectivity index (χ0v) is 26.1. The predicted molar refractivity (Wildman–Crippen MR) is 167 cm³/mol. The molecular weight excluding hydrogens is 536 g/mol. The summed E-state index contributed by atoms with van der Waals surface area (Å²) < 4.78 is 6.05. The molecule has 2 aromatic carbocycles. The molecule has 0 bridgehead atoms. The predicted octanol–water partition coefficient (Wildman–Crippen LogP) is 5.92. The van der Waals surface area contributed by atoms with Crippen LogP contribution in [0.25, 0.3) is 22.4 Å². The highest BCUT2D eigenvalue weighted by molar-refractivity contribution is 6.32. The lowest BCUT2D eigenvalue weighted by Crippen LogP contribution is -2.46. The van der Waals surface area contributed by atoms with Gasteiger partial charge in [-0.15, -0.1) is 0 Å². The molecule has 0 saturated heterocycles. The van der Waals surface area contributed by atoms with Crippen molar-refractivity contribution in [3.05, 3.63) is 70.9 Å². The lowest BCUT2D eigenvalue weighted by Gasteiger charge is -2.31. The van der Waals surface area contributed by atoms with Gasteiger partial charge in [-0.1, -0.05) is 68.8 Å². The van der Waals surface area contributed by atoms with E-state index in [0.29, 0.717) is 23.1 Å². The molecular formula is C33H43ClN4O3. The average molecular weight is 579 g/mol. The molecule has 1 atom stereocenters. The topological polar surface area (TPSA) is 83.6 Å². The quantitative estimate of drug-likeness (QED) is 0.261. The highest BCUT2D eigenvalue weighted by atomic mass is 35.5. The fourth-order valence-corrected chi connectivity index (χ4v) is 4.68. The number of aromatic nitrogens is 1. The van der Waals surface area contributed by atoms with Gasteiger partial charge in [-0.05, 0) is 62.2 Å². The molecule has 3 aromatic rings. The first-order chi connectivity index (χ1) is 19.4. The average Bonchev–Trinajstić information content (AvgIpc) is 2.91. The standard InChI is InChI=1S/C33H43ClN4O3/c1-22-11-8-9-12-25(22)26-15-14-24(20-31(40)37-29(33(2,3)4)21-30(39)35-5)36-32(26)23-13-16-27(34)28(19-23)41-18-10-17-38(6)7/h8-9,11-16,19,29H,10,17-18,20-21H2,1-7H3,(H,35,39)(H,37,40)/t29-/m0/s1. The monoisotopic (exact) mass is 578 g/mol. The first kappa shape index (κ1) is 32.1. The Labute approximate surface area is 249 Å². The molecule has 0 aliphatic rings. The maximum absolute atomic E-state index is 13.2. The number of hydrogen-bond donors (Lipinski definition) is 2. The van der Waals surface area contributed by atoms with E-state index in [0.717, 1.165) is 40.9 Å². The summed E-state index contributed by atoms with van der Waals surface area (Å²) in [5.41, 5.74) is 5.08. The van der Waals surface area contributed by atoms with Gasteiger partial charge in [-0.25, -0.2) is 0 Å². The summed E-state index contributed by atoms with van der Waals surface area (Å²) in [4.78, 5) is 32.4. The molecule has 8 heteroatoms. The zero-order valence-electron chi connectivity index (χ0n) is 25.3. The Balaban J connectivity index is 1.95. The van der Waals surface area contributed by atoms with E-state index >= 15 is 0 Å². The Morgan fingerprint density at radius 1 is 1.02 bits per heavy atom. The number of carbonyl (C=O) groups is 2. The molecule has 0 radical (unpaired) electrons. The summed E-state index contributed by atoms with van der Waals surface area (Å²) in [6.07, 6.45) is 1.17. The molecule has 0 unspecified atom stereocenters. The Morgan fingerprint density at radius 3 is 2.41 bits per heavy atom. The van der Waals surface area contributed by atoms with Crippen LogP contribution in [0.5, 0.6) is 5.75 Å². The van der Waals surface area contributed by atoms with E-state index in [1.807, 2.05) is 77.3 Å². The molecule has 0 aliphatic carbocycles. The normalized spacial score (nSPS) is 12.2. The lowest BCUT2D eigenvalue weighted by molar-refractivity contribution is -0.124. The second kappa shape index (κ2) is 14.5. The lowest BCUT2D eigenvalue weighted by atomic mass is 9.84. The van der Waals surface area contributed by atoms with Crippen LogP contribution in [-0.2, 0) is 16.0 Å². The zero-order chi connectivity index (χ0) is 30.2. The van der Waals surface area contributed by atoms with Crippen LogP contribution < -0.4 is 15.4 Å². The summed E-state index contributed by atoms with van der Waals surface area (Å²) in [7, 11) is 5.66. The molecule has 0 saturated carbocycles. The van der Waals surface area contributed by atoms with E-state index < -0.39 is 0 Å². The minimum atomic E-state index is -0.316. The van der Waals surface area contributed by atoms with Gasteiger partial charge in [0.05, 0.1) is 29.4 Å². The molecule has 2 N–H and O–H groups in total. The van der Waals surface area contributed by atoms with Crippen LogP contribution in [-0.4, -0.2) is 62.0 Å². The molecule has 0 fully saturated rings. The number of pyridine rings is 1. The maximum Gasteiger partial charge on any atom is 0.226 e. The minimum Gasteiger partial charge on any atom is -0.492 e. The SMILES string of the molecule is CNC(=O)C[C@H](NC(=O)Cc1ccc(-c2ccccc2C)c(-c2ccc(Cl)c(OCCCN(C)C)c2)n1)C(C)(C)C. The molecule has 2 amide bonds. The van der Waals surface area contributed by atoms with E-state index in [9.17, 15) is 9.59 Å². The second-order valence-electron chi connectivity index (χ2n) is 11.7. The molecule has 0 spiro atoms. The number of nitrogens with zero attached hydrogens (tertiary/aromatic N) is 2. The van der Waals surface area contributed by atoms with E-state index in [2.05, 4.69) is 34.6 Å². The highest BCUT2D eigenvalue weighted by Crippen LogP contribution is 2.36. The molecule has 41 heavy (non-hydrogen) atoms. The number of benzene rings is 2. The van der Waals surface area contributed by atoms with E-state index in [4.69, 9.17) is 21.3 Å². The molecule has 220 valence electrons. The van der Waals surface area contributed by atoms with Crippen LogP contribution in [0.3, 0.4) is 0 Å². The highest BCUT2D eigenvalue weighted by Gasteiger charge is 2.28. The first-order valence-corrected chi connectivity index (χ1v) is 14.4. The smallest absolute Gasteiger partial charge is 0.226 e. The third-order valence-corrected chi connectivity index (χ3v) is 7.30. The van der Waals surface area contributed by atoms with Gasteiger partial charge < -0.3 is 20.3 Å². The number of rotatable bonds is 12.